The lowest BCUT2D eigenvalue weighted by Gasteiger charge is -2.25. The third-order valence-corrected chi connectivity index (χ3v) is 5.86. The Labute approximate surface area is 100 Å². The van der Waals surface area contributed by atoms with Crippen LogP contribution in [0.15, 0.2) is 36.9 Å². The minimum Gasteiger partial charge on any atom is -0.444 e. The Morgan fingerprint density at radius 1 is 1.31 bits per heavy atom. The number of hydrogen-bond acceptors (Lipinski definition) is 4. The van der Waals surface area contributed by atoms with Gasteiger partial charge >= 0.3 is 0 Å². The lowest BCUT2D eigenvalue weighted by Crippen LogP contribution is -2.19. The molecule has 2 rings (SSSR count). The van der Waals surface area contributed by atoms with Gasteiger partial charge in [0.15, 0.2) is 0 Å². The molecule has 1 saturated heterocycles. The van der Waals surface area contributed by atoms with Crippen molar-refractivity contribution in [1.29, 1.82) is 0 Å². The van der Waals surface area contributed by atoms with Crippen LogP contribution in [0.25, 0.3) is 0 Å². The van der Waals surface area contributed by atoms with E-state index in [0.717, 1.165) is 12.2 Å². The molecule has 4 nitrogen and oxygen atoms in total. The fourth-order valence-corrected chi connectivity index (χ4v) is 5.26. The molecule has 0 aromatic heterocycles. The first-order chi connectivity index (χ1) is 7.90. The molecule has 1 aliphatic rings. The Morgan fingerprint density at radius 2 is 2.06 bits per heavy atom. The van der Waals surface area contributed by atoms with Gasteiger partial charge in [-0.15, -0.1) is 6.58 Å². The molecule has 1 fully saturated rings. The summed E-state index contributed by atoms with van der Waals surface area (Å²) in [6, 6.07) is 8.08. The quantitative estimate of drug-likeness (QED) is 0.583. The summed E-state index contributed by atoms with van der Waals surface area (Å²) in [6.45, 7) is 3.76. The first kappa shape index (κ1) is 12.4. The summed E-state index contributed by atoms with van der Waals surface area (Å²) in [4.78, 5) is 9.73. The highest BCUT2D eigenvalue weighted by molar-refractivity contribution is 7.71. The number of hydrogen-bond donors (Lipinski definition) is 3. The molecule has 0 amide bonds. The van der Waals surface area contributed by atoms with Gasteiger partial charge in [0, 0.05) is 17.8 Å². The van der Waals surface area contributed by atoms with Crippen LogP contribution in [0.1, 0.15) is 5.56 Å². The van der Waals surface area contributed by atoms with E-state index in [4.69, 9.17) is 4.52 Å². The third-order valence-electron chi connectivity index (χ3n) is 1.97. The topological polar surface area (TPSA) is 45.3 Å². The molecule has 1 aromatic carbocycles. The maximum atomic E-state index is 5.91. The van der Waals surface area contributed by atoms with Crippen molar-refractivity contribution >= 4 is 26.2 Å². The summed E-state index contributed by atoms with van der Waals surface area (Å²) in [5, 5.41) is 0. The molecule has 0 aliphatic carbocycles. The molecule has 0 saturated carbocycles. The zero-order valence-electron chi connectivity index (χ0n) is 8.66. The zero-order valence-corrected chi connectivity index (χ0v) is 11.6. The molecule has 2 atom stereocenters. The van der Waals surface area contributed by atoms with Crippen LogP contribution < -0.4 is 19.1 Å². The Kier molecular flexibility index (Phi) is 5.12. The second-order valence-corrected chi connectivity index (χ2v) is 7.14. The molecule has 0 spiro atoms. The standard InChI is InChI=1S/C9H14N3OP3/c1-2-5-8-6-3-4-7-9(8)13-16-11-14-10-15-12-16/h2-4,6-7,10-12,14-15H,1,5H2. The van der Waals surface area contributed by atoms with E-state index in [-0.39, 0.29) is 0 Å². The molecule has 1 aromatic rings. The van der Waals surface area contributed by atoms with Gasteiger partial charge in [-0.1, -0.05) is 24.3 Å². The fraction of sp³-hybridized carbons (Fsp3) is 0.111. The molecule has 16 heavy (non-hydrogen) atoms. The molecule has 1 aliphatic heterocycles. The molecule has 86 valence electrons. The SMILES string of the molecule is C=CCc1ccccc1OP1NPNPN1. The largest absolute Gasteiger partial charge is 0.444 e. The summed E-state index contributed by atoms with van der Waals surface area (Å²) in [6.07, 6.45) is 2.73. The average molecular weight is 273 g/mol. The van der Waals surface area contributed by atoms with Crippen LogP contribution in [-0.4, -0.2) is 0 Å². The fourth-order valence-electron chi connectivity index (χ4n) is 1.28. The van der Waals surface area contributed by atoms with Gasteiger partial charge in [0.25, 0.3) is 8.45 Å². The minimum absolute atomic E-state index is 0.565. The zero-order chi connectivity index (χ0) is 11.2. The lowest BCUT2D eigenvalue weighted by atomic mass is 10.1. The van der Waals surface area contributed by atoms with E-state index in [2.05, 4.69) is 27.2 Å². The Balaban J connectivity index is 2.04. The van der Waals surface area contributed by atoms with E-state index < -0.39 is 8.45 Å². The average Bonchev–Trinajstić information content (AvgIpc) is 2.33. The molecule has 2 unspecified atom stereocenters. The van der Waals surface area contributed by atoms with Gasteiger partial charge in [0.2, 0.25) is 0 Å². The van der Waals surface area contributed by atoms with Crippen molar-refractivity contribution < 1.29 is 4.52 Å². The molecular formula is C9H14N3OP3. The number of para-hydroxylation sites is 1. The predicted molar refractivity (Wildman–Crippen MR) is 73.9 cm³/mol. The van der Waals surface area contributed by atoms with Gasteiger partial charge in [-0.05, 0) is 18.1 Å². The molecule has 1 heterocycles. The molecule has 0 bridgehead atoms. The summed E-state index contributed by atoms with van der Waals surface area (Å²) in [7, 11) is 0.383. The highest BCUT2D eigenvalue weighted by Gasteiger charge is 2.15. The van der Waals surface area contributed by atoms with E-state index >= 15 is 0 Å². The van der Waals surface area contributed by atoms with Gasteiger partial charge in [-0.25, -0.2) is 9.72 Å². The van der Waals surface area contributed by atoms with Crippen LogP contribution in [0, 0.1) is 0 Å². The summed E-state index contributed by atoms with van der Waals surface area (Å²) in [5.41, 5.74) is 1.17. The van der Waals surface area contributed by atoms with Crippen LogP contribution in [0.5, 0.6) is 5.75 Å². The van der Waals surface area contributed by atoms with Crippen molar-refractivity contribution in [3.8, 4) is 5.75 Å². The van der Waals surface area contributed by atoms with Gasteiger partial charge in [-0.3, -0.25) is 4.86 Å². The van der Waals surface area contributed by atoms with Crippen molar-refractivity contribution in [2.45, 2.75) is 6.42 Å². The second-order valence-electron chi connectivity index (χ2n) is 3.08. The lowest BCUT2D eigenvalue weighted by molar-refractivity contribution is 0.599. The van der Waals surface area contributed by atoms with Crippen LogP contribution in [0.2, 0.25) is 0 Å². The number of benzene rings is 1. The normalized spacial score (nSPS) is 23.4. The van der Waals surface area contributed by atoms with Gasteiger partial charge in [0.1, 0.15) is 5.75 Å². The monoisotopic (exact) mass is 273 g/mol. The number of nitrogens with one attached hydrogen (secondary N) is 3. The molecule has 3 N–H and O–H groups in total. The maximum Gasteiger partial charge on any atom is 0.251 e. The molecule has 0 radical (unpaired) electrons. The van der Waals surface area contributed by atoms with E-state index in [1.165, 1.54) is 5.56 Å². The van der Waals surface area contributed by atoms with E-state index in [9.17, 15) is 0 Å². The summed E-state index contributed by atoms with van der Waals surface area (Å²) >= 11 is 0. The third kappa shape index (κ3) is 3.46. The van der Waals surface area contributed by atoms with Crippen molar-refractivity contribution in [2.24, 2.45) is 0 Å². The first-order valence-electron chi connectivity index (χ1n) is 4.83. The molecule has 7 heteroatoms. The van der Waals surface area contributed by atoms with E-state index in [1.807, 2.05) is 24.3 Å². The van der Waals surface area contributed by atoms with Crippen molar-refractivity contribution in [2.75, 3.05) is 0 Å². The summed E-state index contributed by atoms with van der Waals surface area (Å²) < 4.78 is 5.91. The smallest absolute Gasteiger partial charge is 0.251 e. The van der Waals surface area contributed by atoms with Gasteiger partial charge in [-0.2, -0.15) is 0 Å². The van der Waals surface area contributed by atoms with Crippen molar-refractivity contribution in [1.82, 2.24) is 14.6 Å². The van der Waals surface area contributed by atoms with E-state index in [1.54, 1.807) is 0 Å². The maximum absolute atomic E-state index is 5.91. The number of allylic oxidation sites excluding steroid dienone is 1. The van der Waals surface area contributed by atoms with Gasteiger partial charge in [0.05, 0.1) is 0 Å². The highest BCUT2D eigenvalue weighted by atomic mass is 31.2. The molecular weight excluding hydrogens is 259 g/mol. The van der Waals surface area contributed by atoms with Crippen LogP contribution in [-0.2, 0) is 6.42 Å². The van der Waals surface area contributed by atoms with Gasteiger partial charge < -0.3 is 4.52 Å². The predicted octanol–water partition coefficient (Wildman–Crippen LogP) is 2.82. The summed E-state index contributed by atoms with van der Waals surface area (Å²) in [5.74, 6) is 0.935. The minimum atomic E-state index is -0.747. The Bertz CT molecular complexity index is 358. The first-order valence-corrected chi connectivity index (χ1v) is 8.09. The Morgan fingerprint density at radius 3 is 2.81 bits per heavy atom. The number of rotatable bonds is 4. The van der Waals surface area contributed by atoms with E-state index in [0.29, 0.717) is 17.8 Å². The highest BCUT2D eigenvalue weighted by Crippen LogP contribution is 2.41. The Hall–Kier alpha value is -0.0700. The van der Waals surface area contributed by atoms with Crippen LogP contribution in [0.3, 0.4) is 0 Å². The second kappa shape index (κ2) is 6.61. The van der Waals surface area contributed by atoms with Crippen LogP contribution in [0.4, 0.5) is 0 Å². The van der Waals surface area contributed by atoms with Crippen LogP contribution >= 0.6 is 26.2 Å². The van der Waals surface area contributed by atoms with Crippen molar-refractivity contribution in [3.63, 3.8) is 0 Å². The van der Waals surface area contributed by atoms with Crippen molar-refractivity contribution in [3.05, 3.63) is 42.5 Å².